The first-order valence-electron chi connectivity index (χ1n) is 13.3. The molecule has 1 radical (unpaired) electrons. The summed E-state index contributed by atoms with van der Waals surface area (Å²) in [5.41, 5.74) is 5.59. The van der Waals surface area contributed by atoms with E-state index >= 15 is 0 Å². The zero-order valence-corrected chi connectivity index (χ0v) is 22.6. The standard InChI is InChI=1S/C34H34NO4/c1-22(34(18-19-34)32(37)38)24-10-12-25(13-11-24)26-14-16-28(17-15-26)31-29(23(2)35-39-31)20-33(3,4)21-30(36)27-8-6-5-7-9-27/h5-17,21-22,36H,1,18-20H2,2-4H3,(H,37,38)/b30-21-. The molecule has 5 nitrogen and oxygen atoms in total. The summed E-state index contributed by atoms with van der Waals surface area (Å²) in [5.74, 6) is -0.0183. The molecule has 3 aromatic carbocycles. The molecule has 1 aliphatic rings. The molecule has 199 valence electrons. The van der Waals surface area contributed by atoms with Gasteiger partial charge in [0.15, 0.2) is 5.76 Å². The Morgan fingerprint density at radius 3 is 2.10 bits per heavy atom. The van der Waals surface area contributed by atoms with Crippen LogP contribution in [0.1, 0.15) is 55.0 Å². The number of nitrogens with zero attached hydrogens (tertiary/aromatic N) is 1. The van der Waals surface area contributed by atoms with Crippen LogP contribution in [0.15, 0.2) is 89.5 Å². The molecule has 0 amide bonds. The number of rotatable bonds is 9. The van der Waals surface area contributed by atoms with Crippen molar-refractivity contribution >= 4 is 11.7 Å². The summed E-state index contributed by atoms with van der Waals surface area (Å²) in [7, 11) is 0. The van der Waals surface area contributed by atoms with E-state index in [-0.39, 0.29) is 17.1 Å². The van der Waals surface area contributed by atoms with Crippen LogP contribution in [0.4, 0.5) is 0 Å². The van der Waals surface area contributed by atoms with Gasteiger partial charge in [0.2, 0.25) is 0 Å². The van der Waals surface area contributed by atoms with Gasteiger partial charge in [0.05, 0.1) is 11.1 Å². The van der Waals surface area contributed by atoms with Gasteiger partial charge in [-0.2, -0.15) is 0 Å². The molecule has 5 rings (SSSR count). The number of hydrogen-bond acceptors (Lipinski definition) is 4. The predicted octanol–water partition coefficient (Wildman–Crippen LogP) is 8.27. The second-order valence-corrected chi connectivity index (χ2v) is 11.3. The smallest absolute Gasteiger partial charge is 0.310 e. The van der Waals surface area contributed by atoms with Gasteiger partial charge in [-0.15, -0.1) is 0 Å². The third-order valence-corrected chi connectivity index (χ3v) is 7.89. The van der Waals surface area contributed by atoms with Gasteiger partial charge in [0, 0.05) is 22.6 Å². The van der Waals surface area contributed by atoms with Crippen molar-refractivity contribution < 1.29 is 19.5 Å². The lowest BCUT2D eigenvalue weighted by Gasteiger charge is -2.21. The van der Waals surface area contributed by atoms with Crippen LogP contribution in [0.5, 0.6) is 0 Å². The number of benzene rings is 3. The number of carboxylic acid groups (broad SMARTS) is 1. The maximum Gasteiger partial charge on any atom is 0.310 e. The summed E-state index contributed by atoms with van der Waals surface area (Å²) >= 11 is 0. The van der Waals surface area contributed by atoms with Gasteiger partial charge in [-0.1, -0.05) is 97.9 Å². The first kappa shape index (κ1) is 26.5. The Balaban J connectivity index is 1.34. The van der Waals surface area contributed by atoms with Crippen LogP contribution in [0.2, 0.25) is 0 Å². The van der Waals surface area contributed by atoms with E-state index in [0.29, 0.717) is 19.3 Å². The van der Waals surface area contributed by atoms with Crippen LogP contribution in [-0.2, 0) is 11.2 Å². The normalized spacial score (nSPS) is 15.6. The molecule has 0 aliphatic heterocycles. The van der Waals surface area contributed by atoms with Crippen LogP contribution < -0.4 is 0 Å². The summed E-state index contributed by atoms with van der Waals surface area (Å²) in [6, 6.07) is 25.7. The number of hydrogen-bond donors (Lipinski definition) is 2. The summed E-state index contributed by atoms with van der Waals surface area (Å²) in [6.07, 6.45) is 3.92. The zero-order chi connectivity index (χ0) is 27.8. The molecule has 0 bridgehead atoms. The molecule has 1 aromatic heterocycles. The van der Waals surface area contributed by atoms with E-state index in [1.165, 1.54) is 0 Å². The molecule has 0 saturated heterocycles. The minimum atomic E-state index is -0.753. The van der Waals surface area contributed by atoms with Crippen molar-refractivity contribution in [2.75, 3.05) is 0 Å². The molecule has 1 unspecified atom stereocenters. The minimum absolute atomic E-state index is 0.256. The fraction of sp³-hybridized carbons (Fsp3) is 0.265. The lowest BCUT2D eigenvalue weighted by Crippen LogP contribution is -2.21. The van der Waals surface area contributed by atoms with Crippen LogP contribution in [0, 0.1) is 24.7 Å². The quantitative estimate of drug-likeness (QED) is 0.217. The number of aryl methyl sites for hydroxylation is 1. The number of carboxylic acids is 1. The highest BCUT2D eigenvalue weighted by atomic mass is 16.5. The number of aliphatic carboxylic acids is 1. The highest BCUT2D eigenvalue weighted by Gasteiger charge is 2.54. The summed E-state index contributed by atoms with van der Waals surface area (Å²) in [4.78, 5) is 11.7. The second-order valence-electron chi connectivity index (χ2n) is 11.3. The predicted molar refractivity (Wildman–Crippen MR) is 154 cm³/mol. The van der Waals surface area contributed by atoms with Crippen LogP contribution in [0.3, 0.4) is 0 Å². The Bertz CT molecular complexity index is 1490. The first-order chi connectivity index (χ1) is 18.6. The van der Waals surface area contributed by atoms with E-state index in [2.05, 4.69) is 38.1 Å². The lowest BCUT2D eigenvalue weighted by atomic mass is 9.83. The highest BCUT2D eigenvalue weighted by molar-refractivity contribution is 5.79. The lowest BCUT2D eigenvalue weighted by molar-refractivity contribution is -0.143. The molecule has 1 heterocycles. The number of aromatic nitrogens is 1. The fourth-order valence-electron chi connectivity index (χ4n) is 5.28. The topological polar surface area (TPSA) is 83.6 Å². The van der Waals surface area contributed by atoms with Crippen molar-refractivity contribution in [1.29, 1.82) is 0 Å². The van der Waals surface area contributed by atoms with Crippen molar-refractivity contribution in [1.82, 2.24) is 5.16 Å². The number of allylic oxidation sites excluding steroid dienone is 1. The Labute approximate surface area is 229 Å². The van der Waals surface area contributed by atoms with Crippen molar-refractivity contribution in [2.45, 2.75) is 46.0 Å². The Morgan fingerprint density at radius 2 is 1.54 bits per heavy atom. The average Bonchev–Trinajstić information content (AvgIpc) is 3.68. The zero-order valence-electron chi connectivity index (χ0n) is 22.6. The second kappa shape index (κ2) is 10.2. The van der Waals surface area contributed by atoms with E-state index < -0.39 is 11.4 Å². The molecular weight excluding hydrogens is 486 g/mol. The monoisotopic (exact) mass is 520 g/mol. The molecule has 1 fully saturated rings. The first-order valence-corrected chi connectivity index (χ1v) is 13.3. The minimum Gasteiger partial charge on any atom is -0.508 e. The van der Waals surface area contributed by atoms with Gasteiger partial charge < -0.3 is 14.7 Å². The van der Waals surface area contributed by atoms with Gasteiger partial charge >= 0.3 is 5.97 Å². The number of aliphatic hydroxyl groups excluding tert-OH is 1. The van der Waals surface area contributed by atoms with E-state index in [1.807, 2.05) is 79.7 Å². The molecule has 1 saturated carbocycles. The molecule has 0 spiro atoms. The molecule has 1 atom stereocenters. The molecule has 4 aromatic rings. The van der Waals surface area contributed by atoms with Gasteiger partial charge in [-0.25, -0.2) is 0 Å². The van der Waals surface area contributed by atoms with Crippen LogP contribution in [-0.4, -0.2) is 21.3 Å². The van der Waals surface area contributed by atoms with E-state index in [1.54, 1.807) is 0 Å². The summed E-state index contributed by atoms with van der Waals surface area (Å²) in [6.45, 7) is 10.3. The fourth-order valence-corrected chi connectivity index (χ4v) is 5.28. The van der Waals surface area contributed by atoms with Crippen LogP contribution >= 0.6 is 0 Å². The molecule has 5 heteroatoms. The maximum atomic E-state index is 11.7. The molecule has 2 N–H and O–H groups in total. The Kier molecular flexibility index (Phi) is 6.94. The Morgan fingerprint density at radius 1 is 0.974 bits per heavy atom. The van der Waals surface area contributed by atoms with Crippen molar-refractivity contribution in [2.24, 2.45) is 10.8 Å². The summed E-state index contributed by atoms with van der Waals surface area (Å²) < 4.78 is 5.77. The molecular formula is C34H34NO4. The van der Waals surface area contributed by atoms with Gasteiger partial charge in [-0.05, 0) is 61.3 Å². The third kappa shape index (κ3) is 5.40. The maximum absolute atomic E-state index is 11.7. The van der Waals surface area contributed by atoms with Gasteiger partial charge in [0.25, 0.3) is 0 Å². The van der Waals surface area contributed by atoms with Crippen LogP contribution in [0.25, 0.3) is 28.2 Å². The molecule has 1 aliphatic carbocycles. The van der Waals surface area contributed by atoms with Crippen molar-refractivity contribution in [3.63, 3.8) is 0 Å². The van der Waals surface area contributed by atoms with E-state index in [9.17, 15) is 15.0 Å². The highest BCUT2D eigenvalue weighted by Crippen LogP contribution is 2.56. The Hall–Kier alpha value is -4.12. The van der Waals surface area contributed by atoms with Gasteiger partial charge in [-0.3, -0.25) is 4.79 Å². The van der Waals surface area contributed by atoms with Crippen molar-refractivity contribution in [3.05, 3.63) is 114 Å². The van der Waals surface area contributed by atoms with E-state index in [4.69, 9.17) is 4.52 Å². The molecule has 39 heavy (non-hydrogen) atoms. The van der Waals surface area contributed by atoms with E-state index in [0.717, 1.165) is 44.8 Å². The largest absolute Gasteiger partial charge is 0.508 e. The number of carbonyl (C=O) groups is 1. The SMILES string of the molecule is [CH2]C(c1ccc(-c2ccc(-c3onc(C)c3CC(C)(C)/C=C(\O)c3ccccc3)cc2)cc1)C1(C(=O)O)CC1. The average molecular weight is 521 g/mol. The third-order valence-electron chi connectivity index (χ3n) is 7.89. The van der Waals surface area contributed by atoms with Crippen molar-refractivity contribution in [3.8, 4) is 22.5 Å². The summed E-state index contributed by atoms with van der Waals surface area (Å²) in [5, 5.41) is 24.5. The number of aliphatic hydroxyl groups is 1. The van der Waals surface area contributed by atoms with Gasteiger partial charge in [0.1, 0.15) is 5.76 Å².